The van der Waals surface area contributed by atoms with Gasteiger partial charge in [0.2, 0.25) is 0 Å². The van der Waals surface area contributed by atoms with Crippen LogP contribution in [0.3, 0.4) is 0 Å². The van der Waals surface area contributed by atoms with Crippen LogP contribution in [-0.2, 0) is 0 Å². The molecule has 6 heteroatoms. The van der Waals surface area contributed by atoms with Gasteiger partial charge in [-0.15, -0.1) is 0 Å². The summed E-state index contributed by atoms with van der Waals surface area (Å²) in [7, 11) is 0. The first-order valence-electron chi connectivity index (χ1n) is 6.29. The zero-order valence-electron chi connectivity index (χ0n) is 10.3. The second-order valence-corrected chi connectivity index (χ2v) is 5.53. The smallest absolute Gasteiger partial charge is 0.356 e. The predicted molar refractivity (Wildman–Crippen MR) is 74.7 cm³/mol. The molecule has 1 aliphatic rings. The molecule has 0 bridgehead atoms. The number of imidazole rings is 1. The number of nitrogens with zero attached hydrogens (tertiary/aromatic N) is 2. The van der Waals surface area contributed by atoms with Crippen molar-refractivity contribution in [3.63, 3.8) is 0 Å². The quantitative estimate of drug-likeness (QED) is 0.832. The van der Waals surface area contributed by atoms with Crippen molar-refractivity contribution in [3.8, 4) is 0 Å². The molecule has 1 aliphatic heterocycles. The number of hydrogen-bond donors (Lipinski definition) is 2. The Morgan fingerprint density at radius 2 is 2.16 bits per heavy atom. The summed E-state index contributed by atoms with van der Waals surface area (Å²) in [5.41, 5.74) is 0.783. The molecule has 0 spiro atoms. The van der Waals surface area contributed by atoms with Gasteiger partial charge in [-0.1, -0.05) is 6.07 Å². The summed E-state index contributed by atoms with van der Waals surface area (Å²) in [6.45, 7) is 1.90. The molecule has 2 aromatic heterocycles. The van der Waals surface area contributed by atoms with Crippen molar-refractivity contribution in [1.82, 2.24) is 14.7 Å². The number of hydrogen-bond acceptors (Lipinski definition) is 3. The minimum absolute atomic E-state index is 0.134. The zero-order chi connectivity index (χ0) is 13.4. The molecule has 0 amide bonds. The first kappa shape index (κ1) is 12.6. The summed E-state index contributed by atoms with van der Waals surface area (Å²) in [5, 5.41) is 12.6. The van der Waals surface area contributed by atoms with Gasteiger partial charge in [0.1, 0.15) is 5.82 Å². The van der Waals surface area contributed by atoms with E-state index in [2.05, 4.69) is 26.2 Å². The minimum atomic E-state index is -0.976. The number of aromatic carboxylic acids is 1. The Hall–Kier alpha value is -1.40. The van der Waals surface area contributed by atoms with Crippen molar-refractivity contribution in [2.45, 2.75) is 18.8 Å². The van der Waals surface area contributed by atoms with E-state index in [4.69, 9.17) is 0 Å². The Morgan fingerprint density at radius 3 is 2.84 bits per heavy atom. The molecule has 0 aromatic carbocycles. The maximum atomic E-state index is 11.3. The van der Waals surface area contributed by atoms with Gasteiger partial charge in [-0.25, -0.2) is 9.78 Å². The van der Waals surface area contributed by atoms with Gasteiger partial charge < -0.3 is 10.4 Å². The lowest BCUT2D eigenvalue weighted by Gasteiger charge is -2.21. The van der Waals surface area contributed by atoms with Gasteiger partial charge in [0, 0.05) is 5.92 Å². The van der Waals surface area contributed by atoms with Gasteiger partial charge in [0.25, 0.3) is 0 Å². The number of nitrogens with one attached hydrogen (secondary N) is 1. The van der Waals surface area contributed by atoms with E-state index in [1.54, 1.807) is 6.07 Å². The highest BCUT2D eigenvalue weighted by Crippen LogP contribution is 2.29. The van der Waals surface area contributed by atoms with Crippen LogP contribution in [0.1, 0.15) is 35.1 Å². The van der Waals surface area contributed by atoms with Crippen LogP contribution in [0.4, 0.5) is 0 Å². The number of carboxylic acids is 1. The molecule has 3 heterocycles. The normalized spacial score (nSPS) is 16.9. The lowest BCUT2D eigenvalue weighted by Crippen LogP contribution is -2.27. The second kappa shape index (κ2) is 4.94. The number of piperidine rings is 1. The van der Waals surface area contributed by atoms with Crippen LogP contribution in [-0.4, -0.2) is 33.6 Å². The highest BCUT2D eigenvalue weighted by Gasteiger charge is 2.25. The Kier molecular flexibility index (Phi) is 3.28. The largest absolute Gasteiger partial charge is 0.476 e. The van der Waals surface area contributed by atoms with Crippen LogP contribution >= 0.6 is 15.9 Å². The summed E-state index contributed by atoms with van der Waals surface area (Å²) < 4.78 is 2.76. The Bertz CT molecular complexity index is 632. The van der Waals surface area contributed by atoms with E-state index in [0.29, 0.717) is 11.4 Å². The van der Waals surface area contributed by atoms with Crippen LogP contribution in [0.2, 0.25) is 0 Å². The van der Waals surface area contributed by atoms with E-state index < -0.39 is 5.97 Å². The third kappa shape index (κ3) is 2.15. The van der Waals surface area contributed by atoms with Crippen LogP contribution in [0.25, 0.3) is 5.52 Å². The molecule has 1 fully saturated rings. The topological polar surface area (TPSA) is 66.6 Å². The molecule has 2 N–H and O–H groups in total. The van der Waals surface area contributed by atoms with Gasteiger partial charge in [-0.2, -0.15) is 0 Å². The number of aromatic nitrogens is 2. The van der Waals surface area contributed by atoms with E-state index in [1.807, 2.05) is 16.5 Å². The minimum Gasteiger partial charge on any atom is -0.476 e. The van der Waals surface area contributed by atoms with Gasteiger partial charge in [0.15, 0.2) is 5.69 Å². The van der Waals surface area contributed by atoms with Crippen LogP contribution in [0.5, 0.6) is 0 Å². The fraction of sp³-hybridized carbons (Fsp3) is 0.385. The first-order chi connectivity index (χ1) is 9.18. The third-order valence-corrected chi connectivity index (χ3v) is 4.17. The Labute approximate surface area is 118 Å². The standard InChI is InChI=1S/C13H14BrN3O2/c14-10-3-1-2-9-11(13(18)19)16-12(17(9)10)8-4-6-15-7-5-8/h1-3,8,15H,4-7H2,(H,18,19). The fourth-order valence-corrected chi connectivity index (χ4v) is 3.16. The van der Waals surface area contributed by atoms with E-state index in [0.717, 1.165) is 36.4 Å². The highest BCUT2D eigenvalue weighted by atomic mass is 79.9. The number of carbonyl (C=O) groups is 1. The van der Waals surface area contributed by atoms with Crippen molar-refractivity contribution in [2.24, 2.45) is 0 Å². The highest BCUT2D eigenvalue weighted by molar-refractivity contribution is 9.10. The molecule has 5 nitrogen and oxygen atoms in total. The van der Waals surface area contributed by atoms with Crippen LogP contribution in [0, 0.1) is 0 Å². The summed E-state index contributed by atoms with van der Waals surface area (Å²) >= 11 is 3.49. The van der Waals surface area contributed by atoms with Crippen LogP contribution in [0.15, 0.2) is 22.8 Å². The first-order valence-corrected chi connectivity index (χ1v) is 7.08. The average molecular weight is 324 g/mol. The van der Waals surface area contributed by atoms with Gasteiger partial charge in [-0.3, -0.25) is 4.40 Å². The maximum absolute atomic E-state index is 11.3. The van der Waals surface area contributed by atoms with E-state index in [1.165, 1.54) is 0 Å². The van der Waals surface area contributed by atoms with Crippen molar-refractivity contribution in [3.05, 3.63) is 34.3 Å². The molecule has 100 valence electrons. The molecule has 2 aromatic rings. The van der Waals surface area contributed by atoms with Crippen molar-refractivity contribution in [1.29, 1.82) is 0 Å². The SMILES string of the molecule is O=C(O)c1nc(C2CCNCC2)n2c(Br)cccc12. The van der Waals surface area contributed by atoms with Gasteiger partial charge >= 0.3 is 5.97 Å². The molecule has 3 rings (SSSR count). The molecular formula is C13H14BrN3O2. The summed E-state index contributed by atoms with van der Waals surface area (Å²) in [6, 6.07) is 5.54. The van der Waals surface area contributed by atoms with E-state index in [-0.39, 0.29) is 5.69 Å². The number of halogens is 1. The summed E-state index contributed by atoms with van der Waals surface area (Å²) in [5.74, 6) is 0.178. The molecule has 1 saturated heterocycles. The molecule has 0 saturated carbocycles. The molecular weight excluding hydrogens is 310 g/mol. The monoisotopic (exact) mass is 323 g/mol. The number of rotatable bonds is 2. The van der Waals surface area contributed by atoms with E-state index in [9.17, 15) is 9.90 Å². The molecule has 0 radical (unpaired) electrons. The Morgan fingerprint density at radius 1 is 1.42 bits per heavy atom. The molecule has 19 heavy (non-hydrogen) atoms. The second-order valence-electron chi connectivity index (χ2n) is 4.72. The Balaban J connectivity index is 2.20. The van der Waals surface area contributed by atoms with Gasteiger partial charge in [0.05, 0.1) is 10.1 Å². The molecule has 0 aliphatic carbocycles. The average Bonchev–Trinajstić information content (AvgIpc) is 2.81. The number of pyridine rings is 1. The lowest BCUT2D eigenvalue weighted by molar-refractivity contribution is 0.0693. The fourth-order valence-electron chi connectivity index (χ4n) is 2.63. The summed E-state index contributed by atoms with van der Waals surface area (Å²) in [6.07, 6.45) is 1.97. The number of carboxylic acid groups (broad SMARTS) is 1. The van der Waals surface area contributed by atoms with Crippen molar-refractivity contribution < 1.29 is 9.90 Å². The molecule has 0 unspecified atom stereocenters. The van der Waals surface area contributed by atoms with Crippen LogP contribution < -0.4 is 5.32 Å². The van der Waals surface area contributed by atoms with Crippen molar-refractivity contribution >= 4 is 27.4 Å². The van der Waals surface area contributed by atoms with Gasteiger partial charge in [-0.05, 0) is 54.0 Å². The van der Waals surface area contributed by atoms with Crippen molar-refractivity contribution in [2.75, 3.05) is 13.1 Å². The summed E-state index contributed by atoms with van der Waals surface area (Å²) in [4.78, 5) is 15.7. The molecule has 0 atom stereocenters. The zero-order valence-corrected chi connectivity index (χ0v) is 11.9. The van der Waals surface area contributed by atoms with E-state index >= 15 is 0 Å². The number of fused-ring (bicyclic) bond motifs is 1. The predicted octanol–water partition coefficient (Wildman–Crippen LogP) is 2.26. The maximum Gasteiger partial charge on any atom is 0.356 e. The lowest BCUT2D eigenvalue weighted by atomic mass is 9.97. The third-order valence-electron chi connectivity index (χ3n) is 3.55.